The van der Waals surface area contributed by atoms with Crippen LogP contribution in [0.3, 0.4) is 0 Å². The summed E-state index contributed by atoms with van der Waals surface area (Å²) in [5.74, 6) is 0. The lowest BCUT2D eigenvalue weighted by Gasteiger charge is -2.45. The normalized spacial score (nSPS) is 15.6. The summed E-state index contributed by atoms with van der Waals surface area (Å²) in [6.07, 6.45) is -5.92. The first-order valence-corrected chi connectivity index (χ1v) is 12.2. The molecule has 0 N–H and O–H groups in total. The molecule has 5 heteroatoms. The summed E-state index contributed by atoms with van der Waals surface area (Å²) in [5, 5.41) is 0. The maximum atomic E-state index is 13.3. The molecule has 2 nitrogen and oxygen atoms in total. The van der Waals surface area contributed by atoms with E-state index in [1.807, 2.05) is 66.7 Å². The molecule has 1 aliphatic heterocycles. The SMILES string of the molecule is FC(F)(F)Cc1ccccc1C(OC1CN(C(c2ccccc2)c2ccccc2)C1)c1ccccc1. The molecule has 0 bridgehead atoms. The number of hydrogen-bond donors (Lipinski definition) is 0. The summed E-state index contributed by atoms with van der Waals surface area (Å²) in [4.78, 5) is 2.36. The van der Waals surface area contributed by atoms with Crippen LogP contribution in [-0.4, -0.2) is 30.3 Å². The molecule has 0 aromatic heterocycles. The van der Waals surface area contributed by atoms with Gasteiger partial charge in [0, 0.05) is 13.1 Å². The second kappa shape index (κ2) is 10.7. The summed E-state index contributed by atoms with van der Waals surface area (Å²) in [6.45, 7) is 1.39. The van der Waals surface area contributed by atoms with Crippen molar-refractivity contribution in [2.75, 3.05) is 13.1 Å². The van der Waals surface area contributed by atoms with Gasteiger partial charge in [-0.3, -0.25) is 4.90 Å². The molecular weight excluding hydrogens is 459 g/mol. The number of ether oxygens (including phenoxy) is 1. The van der Waals surface area contributed by atoms with Crippen molar-refractivity contribution in [2.24, 2.45) is 0 Å². The highest BCUT2D eigenvalue weighted by Crippen LogP contribution is 2.37. The lowest BCUT2D eigenvalue weighted by atomic mass is 9.92. The molecule has 1 heterocycles. The average molecular weight is 488 g/mol. The van der Waals surface area contributed by atoms with E-state index in [1.165, 1.54) is 11.1 Å². The van der Waals surface area contributed by atoms with E-state index in [2.05, 4.69) is 29.2 Å². The first-order chi connectivity index (χ1) is 17.5. The molecule has 0 spiro atoms. The molecular formula is C31H28F3NO. The van der Waals surface area contributed by atoms with E-state index in [9.17, 15) is 13.2 Å². The molecule has 0 aliphatic carbocycles. The van der Waals surface area contributed by atoms with Gasteiger partial charge < -0.3 is 4.74 Å². The van der Waals surface area contributed by atoms with Crippen molar-refractivity contribution < 1.29 is 17.9 Å². The van der Waals surface area contributed by atoms with Crippen LogP contribution in [0.2, 0.25) is 0 Å². The van der Waals surface area contributed by atoms with Crippen LogP contribution in [0.25, 0.3) is 0 Å². The highest BCUT2D eigenvalue weighted by molar-refractivity contribution is 5.37. The molecule has 1 atom stereocenters. The number of halogens is 3. The minimum absolute atomic E-state index is 0.0935. The van der Waals surface area contributed by atoms with E-state index in [1.54, 1.807) is 24.3 Å². The lowest BCUT2D eigenvalue weighted by Crippen LogP contribution is -2.54. The third kappa shape index (κ3) is 5.69. The molecule has 5 rings (SSSR count). The van der Waals surface area contributed by atoms with Gasteiger partial charge in [0.15, 0.2) is 0 Å². The fraction of sp³-hybridized carbons (Fsp3) is 0.226. The van der Waals surface area contributed by atoms with Crippen molar-refractivity contribution >= 4 is 0 Å². The largest absolute Gasteiger partial charge is 0.393 e. The molecule has 0 saturated carbocycles. The molecule has 4 aromatic rings. The van der Waals surface area contributed by atoms with E-state index in [4.69, 9.17) is 4.74 Å². The van der Waals surface area contributed by atoms with Gasteiger partial charge in [0.25, 0.3) is 0 Å². The van der Waals surface area contributed by atoms with Crippen LogP contribution in [-0.2, 0) is 11.2 Å². The minimum atomic E-state index is -4.29. The van der Waals surface area contributed by atoms with Gasteiger partial charge in [-0.2, -0.15) is 13.2 Å². The Morgan fingerprint density at radius 1 is 0.667 bits per heavy atom. The van der Waals surface area contributed by atoms with Crippen molar-refractivity contribution in [1.82, 2.24) is 4.90 Å². The molecule has 36 heavy (non-hydrogen) atoms. The second-order valence-corrected chi connectivity index (χ2v) is 9.22. The molecule has 1 unspecified atom stereocenters. The predicted molar refractivity (Wildman–Crippen MR) is 136 cm³/mol. The van der Waals surface area contributed by atoms with Crippen LogP contribution >= 0.6 is 0 Å². The molecule has 0 amide bonds. The zero-order valence-electron chi connectivity index (χ0n) is 19.8. The van der Waals surface area contributed by atoms with E-state index >= 15 is 0 Å². The van der Waals surface area contributed by atoms with Gasteiger partial charge in [-0.25, -0.2) is 0 Å². The van der Waals surface area contributed by atoms with Crippen molar-refractivity contribution in [3.8, 4) is 0 Å². The number of likely N-dealkylation sites (tertiary alicyclic amines) is 1. The lowest BCUT2D eigenvalue weighted by molar-refractivity contribution is -0.128. The quantitative estimate of drug-likeness (QED) is 0.257. The van der Waals surface area contributed by atoms with Gasteiger partial charge in [-0.15, -0.1) is 0 Å². The highest BCUT2D eigenvalue weighted by atomic mass is 19.4. The Labute approximate surface area is 210 Å². The number of alkyl halides is 3. The van der Waals surface area contributed by atoms with E-state index in [-0.39, 0.29) is 17.7 Å². The van der Waals surface area contributed by atoms with Gasteiger partial charge in [0.1, 0.15) is 6.10 Å². The maximum Gasteiger partial charge on any atom is 0.393 e. The fourth-order valence-electron chi connectivity index (χ4n) is 4.97. The number of nitrogens with zero attached hydrogens (tertiary/aromatic N) is 1. The van der Waals surface area contributed by atoms with Crippen LogP contribution in [0.4, 0.5) is 13.2 Å². The number of benzene rings is 4. The third-order valence-electron chi connectivity index (χ3n) is 6.63. The van der Waals surface area contributed by atoms with Gasteiger partial charge in [0.05, 0.1) is 18.6 Å². The molecule has 1 fully saturated rings. The van der Waals surface area contributed by atoms with Gasteiger partial charge in [-0.1, -0.05) is 115 Å². The van der Waals surface area contributed by atoms with E-state index < -0.39 is 18.7 Å². The van der Waals surface area contributed by atoms with Gasteiger partial charge >= 0.3 is 6.18 Å². The van der Waals surface area contributed by atoms with E-state index in [0.717, 1.165) is 5.56 Å². The summed E-state index contributed by atoms with van der Waals surface area (Å²) < 4.78 is 46.6. The topological polar surface area (TPSA) is 12.5 Å². The predicted octanol–water partition coefficient (Wildman–Crippen LogP) is 7.37. The number of rotatable bonds is 8. The molecule has 1 saturated heterocycles. The number of hydrogen-bond acceptors (Lipinski definition) is 2. The van der Waals surface area contributed by atoms with Crippen LogP contribution < -0.4 is 0 Å². The van der Waals surface area contributed by atoms with Crippen molar-refractivity contribution in [3.63, 3.8) is 0 Å². The molecule has 4 aromatic carbocycles. The van der Waals surface area contributed by atoms with Crippen molar-refractivity contribution in [3.05, 3.63) is 143 Å². The maximum absolute atomic E-state index is 13.3. The van der Waals surface area contributed by atoms with Gasteiger partial charge in [-0.05, 0) is 27.8 Å². The van der Waals surface area contributed by atoms with E-state index in [0.29, 0.717) is 18.7 Å². The Bertz CT molecular complexity index is 1200. The second-order valence-electron chi connectivity index (χ2n) is 9.22. The Balaban J connectivity index is 1.39. The zero-order chi connectivity index (χ0) is 25.0. The van der Waals surface area contributed by atoms with Crippen LogP contribution in [0.5, 0.6) is 0 Å². The van der Waals surface area contributed by atoms with Crippen LogP contribution in [0, 0.1) is 0 Å². The van der Waals surface area contributed by atoms with Crippen LogP contribution in [0.15, 0.2) is 115 Å². The molecule has 1 aliphatic rings. The monoisotopic (exact) mass is 487 g/mol. The summed E-state index contributed by atoms with van der Waals surface area (Å²) in [7, 11) is 0. The Kier molecular flexibility index (Phi) is 7.21. The molecule has 184 valence electrons. The molecule has 0 radical (unpaired) electrons. The van der Waals surface area contributed by atoms with Crippen molar-refractivity contribution in [2.45, 2.75) is 30.8 Å². The highest BCUT2D eigenvalue weighted by Gasteiger charge is 2.37. The Morgan fingerprint density at radius 3 is 1.67 bits per heavy atom. The summed E-state index contributed by atoms with van der Waals surface area (Å²) >= 11 is 0. The van der Waals surface area contributed by atoms with Gasteiger partial charge in [0.2, 0.25) is 0 Å². The average Bonchev–Trinajstić information content (AvgIpc) is 2.87. The summed E-state index contributed by atoms with van der Waals surface area (Å²) in [6, 6.07) is 37.1. The summed E-state index contributed by atoms with van der Waals surface area (Å²) in [5.41, 5.74) is 4.09. The zero-order valence-corrected chi connectivity index (χ0v) is 19.8. The Morgan fingerprint density at radius 2 is 1.14 bits per heavy atom. The fourth-order valence-corrected chi connectivity index (χ4v) is 4.97. The first kappa shape index (κ1) is 24.3. The first-order valence-electron chi connectivity index (χ1n) is 12.2. The smallest absolute Gasteiger partial charge is 0.363 e. The standard InChI is InChI=1S/C31H28F3NO/c32-31(33,34)20-26-18-10-11-19-28(26)30(25-16-8-3-9-17-25)36-27-21-35(22-27)29(23-12-4-1-5-13-23)24-14-6-2-7-15-24/h1-19,27,29-30H,20-22H2. The van der Waals surface area contributed by atoms with Crippen molar-refractivity contribution in [1.29, 1.82) is 0 Å². The van der Waals surface area contributed by atoms with Crippen LogP contribution in [0.1, 0.15) is 40.0 Å². The minimum Gasteiger partial charge on any atom is -0.363 e. The third-order valence-corrected chi connectivity index (χ3v) is 6.63. The Hall–Kier alpha value is -3.41.